The number of carbonyl (C=O) groups excluding carboxylic acids is 1. The second-order valence-electron chi connectivity index (χ2n) is 8.30. The van der Waals surface area contributed by atoms with E-state index in [4.69, 9.17) is 5.11 Å². The molecule has 0 spiro atoms. The van der Waals surface area contributed by atoms with Gasteiger partial charge in [0.15, 0.2) is 0 Å². The Morgan fingerprint density at radius 2 is 1.46 bits per heavy atom. The van der Waals surface area contributed by atoms with E-state index in [0.717, 1.165) is 16.8 Å². The standard InChI is InChI=1S/C23H28N2O3/c1-23(2,3)25(21(26)19-13-15-24(16-14-19)22(27)28)20-11-9-18(10-12-20)17-7-5-4-6-8-17/h4-12,19H,13-16H2,1-3H3,(H,27,28). The first kappa shape index (κ1) is 19.9. The highest BCUT2D eigenvalue weighted by atomic mass is 16.4. The molecule has 148 valence electrons. The summed E-state index contributed by atoms with van der Waals surface area (Å²) in [4.78, 5) is 27.7. The molecule has 1 aliphatic rings. The number of piperidine rings is 1. The van der Waals surface area contributed by atoms with Gasteiger partial charge in [-0.05, 0) is 56.9 Å². The van der Waals surface area contributed by atoms with Crippen molar-refractivity contribution in [2.75, 3.05) is 18.0 Å². The number of carbonyl (C=O) groups is 2. The SMILES string of the molecule is CC(C)(C)N(C(=O)C1CCN(C(=O)O)CC1)c1ccc(-c2ccccc2)cc1. The molecule has 3 rings (SSSR count). The second kappa shape index (κ2) is 8.05. The monoisotopic (exact) mass is 380 g/mol. The summed E-state index contributed by atoms with van der Waals surface area (Å²) in [5, 5.41) is 9.13. The number of nitrogens with zero attached hydrogens (tertiary/aromatic N) is 2. The summed E-state index contributed by atoms with van der Waals surface area (Å²) in [6.07, 6.45) is 0.231. The first-order valence-electron chi connectivity index (χ1n) is 9.75. The Morgan fingerprint density at radius 3 is 1.96 bits per heavy atom. The lowest BCUT2D eigenvalue weighted by Gasteiger charge is -2.40. The normalized spacial score (nSPS) is 15.3. The van der Waals surface area contributed by atoms with Crippen LogP contribution in [0.2, 0.25) is 0 Å². The quantitative estimate of drug-likeness (QED) is 0.826. The molecule has 0 aliphatic carbocycles. The third-order valence-electron chi connectivity index (χ3n) is 5.24. The maximum absolute atomic E-state index is 13.3. The molecule has 0 atom stereocenters. The number of hydrogen-bond donors (Lipinski definition) is 1. The van der Waals surface area contributed by atoms with Gasteiger partial charge in [-0.15, -0.1) is 0 Å². The van der Waals surface area contributed by atoms with Gasteiger partial charge in [0.05, 0.1) is 0 Å². The van der Waals surface area contributed by atoms with Crippen molar-refractivity contribution in [1.29, 1.82) is 0 Å². The third kappa shape index (κ3) is 4.35. The molecular weight excluding hydrogens is 352 g/mol. The van der Waals surface area contributed by atoms with Gasteiger partial charge in [0, 0.05) is 30.2 Å². The number of amides is 2. The van der Waals surface area contributed by atoms with Crippen LogP contribution in [-0.2, 0) is 4.79 Å². The molecule has 1 aliphatic heterocycles. The molecule has 1 N–H and O–H groups in total. The fourth-order valence-electron chi connectivity index (χ4n) is 3.78. The van der Waals surface area contributed by atoms with Crippen LogP contribution in [0.5, 0.6) is 0 Å². The highest BCUT2D eigenvalue weighted by Gasteiger charge is 2.35. The molecule has 1 fully saturated rings. The fourth-order valence-corrected chi connectivity index (χ4v) is 3.78. The predicted molar refractivity (Wildman–Crippen MR) is 111 cm³/mol. The summed E-state index contributed by atoms with van der Waals surface area (Å²) in [6.45, 7) is 6.92. The lowest BCUT2D eigenvalue weighted by Crippen LogP contribution is -2.51. The molecule has 0 unspecified atom stereocenters. The number of carboxylic acid groups (broad SMARTS) is 1. The van der Waals surface area contributed by atoms with Crippen LogP contribution in [-0.4, -0.2) is 40.6 Å². The van der Waals surface area contributed by atoms with E-state index in [2.05, 4.69) is 12.1 Å². The largest absolute Gasteiger partial charge is 0.465 e. The molecule has 2 amide bonds. The van der Waals surface area contributed by atoms with Gasteiger partial charge in [-0.1, -0.05) is 42.5 Å². The molecule has 2 aromatic carbocycles. The molecule has 5 heteroatoms. The highest BCUT2D eigenvalue weighted by Crippen LogP contribution is 2.31. The predicted octanol–water partition coefficient (Wildman–Crippen LogP) is 4.88. The zero-order chi connectivity index (χ0) is 20.3. The van der Waals surface area contributed by atoms with Gasteiger partial charge in [-0.3, -0.25) is 4.79 Å². The molecular formula is C23H28N2O3. The van der Waals surface area contributed by atoms with Crippen LogP contribution >= 0.6 is 0 Å². The molecule has 2 aromatic rings. The third-order valence-corrected chi connectivity index (χ3v) is 5.24. The van der Waals surface area contributed by atoms with Crippen LogP contribution in [0, 0.1) is 5.92 Å². The van der Waals surface area contributed by atoms with Crippen LogP contribution < -0.4 is 4.90 Å². The maximum Gasteiger partial charge on any atom is 0.407 e. The van der Waals surface area contributed by atoms with Crippen LogP contribution in [0.25, 0.3) is 11.1 Å². The second-order valence-corrected chi connectivity index (χ2v) is 8.30. The van der Waals surface area contributed by atoms with Gasteiger partial charge in [-0.25, -0.2) is 4.79 Å². The van der Waals surface area contributed by atoms with E-state index in [0.29, 0.717) is 25.9 Å². The fraction of sp³-hybridized carbons (Fsp3) is 0.391. The lowest BCUT2D eigenvalue weighted by molar-refractivity contribution is -0.124. The highest BCUT2D eigenvalue weighted by molar-refractivity contribution is 5.96. The van der Waals surface area contributed by atoms with Crippen LogP contribution in [0.4, 0.5) is 10.5 Å². The van der Waals surface area contributed by atoms with Gasteiger partial charge in [-0.2, -0.15) is 0 Å². The van der Waals surface area contributed by atoms with Crippen molar-refractivity contribution in [2.24, 2.45) is 5.92 Å². The van der Waals surface area contributed by atoms with Crippen molar-refractivity contribution in [1.82, 2.24) is 4.90 Å². The average Bonchev–Trinajstić information content (AvgIpc) is 2.68. The van der Waals surface area contributed by atoms with E-state index >= 15 is 0 Å². The molecule has 0 aromatic heterocycles. The Kier molecular flexibility index (Phi) is 5.73. The molecule has 0 saturated carbocycles. The number of hydrogen-bond acceptors (Lipinski definition) is 2. The summed E-state index contributed by atoms with van der Waals surface area (Å²) in [5.74, 6) is -0.0753. The minimum Gasteiger partial charge on any atom is -0.465 e. The lowest BCUT2D eigenvalue weighted by atomic mass is 9.92. The van der Waals surface area contributed by atoms with Crippen LogP contribution in [0.15, 0.2) is 54.6 Å². The zero-order valence-electron chi connectivity index (χ0n) is 16.8. The number of anilines is 1. The smallest absolute Gasteiger partial charge is 0.407 e. The maximum atomic E-state index is 13.3. The van der Waals surface area contributed by atoms with E-state index in [1.807, 2.05) is 68.1 Å². The molecule has 5 nitrogen and oxygen atoms in total. The van der Waals surface area contributed by atoms with E-state index < -0.39 is 6.09 Å². The molecule has 1 saturated heterocycles. The molecule has 0 radical (unpaired) electrons. The van der Waals surface area contributed by atoms with Crippen LogP contribution in [0.3, 0.4) is 0 Å². The van der Waals surface area contributed by atoms with Crippen molar-refractivity contribution in [3.63, 3.8) is 0 Å². The van der Waals surface area contributed by atoms with Crippen molar-refractivity contribution < 1.29 is 14.7 Å². The van der Waals surface area contributed by atoms with Gasteiger partial charge < -0.3 is 14.9 Å². The Morgan fingerprint density at radius 1 is 0.929 bits per heavy atom. The van der Waals surface area contributed by atoms with Crippen molar-refractivity contribution in [2.45, 2.75) is 39.2 Å². The van der Waals surface area contributed by atoms with Crippen LogP contribution in [0.1, 0.15) is 33.6 Å². The Bertz CT molecular complexity index is 817. The Hall–Kier alpha value is -2.82. The van der Waals surface area contributed by atoms with E-state index in [1.165, 1.54) is 4.90 Å². The van der Waals surface area contributed by atoms with Gasteiger partial charge in [0.2, 0.25) is 5.91 Å². The summed E-state index contributed by atoms with van der Waals surface area (Å²) >= 11 is 0. The number of rotatable bonds is 3. The topological polar surface area (TPSA) is 60.9 Å². The first-order valence-corrected chi connectivity index (χ1v) is 9.75. The number of likely N-dealkylation sites (tertiary alicyclic amines) is 1. The van der Waals surface area contributed by atoms with E-state index in [-0.39, 0.29) is 17.4 Å². The zero-order valence-corrected chi connectivity index (χ0v) is 16.8. The summed E-state index contributed by atoms with van der Waals surface area (Å²) < 4.78 is 0. The minimum absolute atomic E-state index is 0.0741. The number of benzene rings is 2. The average molecular weight is 380 g/mol. The summed E-state index contributed by atoms with van der Waals surface area (Å²) in [6, 6.07) is 18.2. The molecule has 28 heavy (non-hydrogen) atoms. The van der Waals surface area contributed by atoms with Crippen molar-refractivity contribution in [3.05, 3.63) is 54.6 Å². The van der Waals surface area contributed by atoms with E-state index in [1.54, 1.807) is 0 Å². The molecule has 1 heterocycles. The summed E-state index contributed by atoms with van der Waals surface area (Å²) in [7, 11) is 0. The molecule has 0 bridgehead atoms. The van der Waals surface area contributed by atoms with Crippen molar-refractivity contribution in [3.8, 4) is 11.1 Å². The Labute approximate surface area is 166 Å². The van der Waals surface area contributed by atoms with Gasteiger partial charge in [0.25, 0.3) is 0 Å². The first-order chi connectivity index (χ1) is 13.3. The van der Waals surface area contributed by atoms with Crippen molar-refractivity contribution >= 4 is 17.7 Å². The van der Waals surface area contributed by atoms with Gasteiger partial charge in [0.1, 0.15) is 0 Å². The van der Waals surface area contributed by atoms with Gasteiger partial charge >= 0.3 is 6.09 Å². The Balaban J connectivity index is 1.81. The summed E-state index contributed by atoms with van der Waals surface area (Å²) in [5.41, 5.74) is 2.76. The van der Waals surface area contributed by atoms with E-state index in [9.17, 15) is 9.59 Å². The minimum atomic E-state index is -0.907.